The second-order valence-corrected chi connectivity index (χ2v) is 7.02. The molecule has 0 fully saturated rings. The van der Waals surface area contributed by atoms with Gasteiger partial charge in [-0.25, -0.2) is 4.79 Å². The predicted molar refractivity (Wildman–Crippen MR) is 119 cm³/mol. The second-order valence-electron chi connectivity index (χ2n) is 7.02. The van der Waals surface area contributed by atoms with E-state index >= 15 is 0 Å². The number of urea groups is 1. The van der Waals surface area contributed by atoms with E-state index in [4.69, 9.17) is 0 Å². The molecule has 0 saturated carbocycles. The fourth-order valence-corrected chi connectivity index (χ4v) is 3.29. The van der Waals surface area contributed by atoms with Crippen molar-refractivity contribution in [3.63, 3.8) is 0 Å². The largest absolute Gasteiger partial charge is 0.336 e. The Balaban J connectivity index is 1.94. The van der Waals surface area contributed by atoms with Crippen molar-refractivity contribution in [1.29, 1.82) is 0 Å². The Morgan fingerprint density at radius 2 is 1.59 bits per heavy atom. The van der Waals surface area contributed by atoms with E-state index in [0.717, 1.165) is 25.2 Å². The van der Waals surface area contributed by atoms with Crippen LogP contribution in [-0.4, -0.2) is 49.6 Å². The third kappa shape index (κ3) is 6.91. The van der Waals surface area contributed by atoms with Crippen molar-refractivity contribution >= 4 is 23.3 Å². The van der Waals surface area contributed by atoms with Crippen molar-refractivity contribution in [2.45, 2.75) is 33.2 Å². The molecule has 0 radical (unpaired) electrons. The van der Waals surface area contributed by atoms with Crippen molar-refractivity contribution < 1.29 is 9.59 Å². The lowest BCUT2D eigenvalue weighted by Gasteiger charge is -2.30. The number of benzene rings is 2. The summed E-state index contributed by atoms with van der Waals surface area (Å²) in [6.07, 6.45) is 0.884. The van der Waals surface area contributed by atoms with E-state index < -0.39 is 0 Å². The van der Waals surface area contributed by atoms with E-state index in [2.05, 4.69) is 41.5 Å². The number of hydrogen-bond donors (Lipinski definition) is 2. The van der Waals surface area contributed by atoms with Gasteiger partial charge in [-0.3, -0.25) is 9.69 Å². The monoisotopic (exact) mass is 396 g/mol. The Kier molecular flexibility index (Phi) is 8.68. The van der Waals surface area contributed by atoms with E-state index in [9.17, 15) is 9.59 Å². The Morgan fingerprint density at radius 1 is 0.966 bits per heavy atom. The zero-order valence-electron chi connectivity index (χ0n) is 17.8. The summed E-state index contributed by atoms with van der Waals surface area (Å²) in [6.45, 7) is 8.22. The Hall–Kier alpha value is -2.86. The smallest absolute Gasteiger partial charge is 0.319 e. The van der Waals surface area contributed by atoms with Crippen molar-refractivity contribution in [3.05, 3.63) is 60.2 Å². The molecule has 2 aromatic rings. The first-order chi connectivity index (χ1) is 13.9. The van der Waals surface area contributed by atoms with Gasteiger partial charge in [0.2, 0.25) is 5.91 Å². The van der Waals surface area contributed by atoms with Gasteiger partial charge in [0.15, 0.2) is 0 Å². The topological polar surface area (TPSA) is 64.7 Å². The Labute approximate surface area is 173 Å². The van der Waals surface area contributed by atoms with Crippen LogP contribution in [0, 0.1) is 0 Å². The summed E-state index contributed by atoms with van der Waals surface area (Å²) in [5.74, 6) is -0.0377. The molecule has 6 heteroatoms. The number of likely N-dealkylation sites (N-methyl/N-ethyl adjacent to an activating group) is 1. The molecule has 2 rings (SSSR count). The van der Waals surface area contributed by atoms with Gasteiger partial charge in [0, 0.05) is 37.9 Å². The number of rotatable bonds is 9. The first kappa shape index (κ1) is 22.4. The summed E-state index contributed by atoms with van der Waals surface area (Å²) in [5, 5.41) is 5.86. The molecule has 0 spiro atoms. The second kappa shape index (κ2) is 11.2. The molecule has 29 heavy (non-hydrogen) atoms. The lowest BCUT2D eigenvalue weighted by Crippen LogP contribution is -2.46. The van der Waals surface area contributed by atoms with E-state index in [1.807, 2.05) is 30.3 Å². The number of amides is 3. The lowest BCUT2D eigenvalue weighted by atomic mass is 10.0. The van der Waals surface area contributed by atoms with Crippen LogP contribution in [0.3, 0.4) is 0 Å². The average Bonchev–Trinajstić information content (AvgIpc) is 2.73. The summed E-state index contributed by atoms with van der Waals surface area (Å²) >= 11 is 0. The zero-order chi connectivity index (χ0) is 21.2. The van der Waals surface area contributed by atoms with Gasteiger partial charge in [-0.2, -0.15) is 0 Å². The van der Waals surface area contributed by atoms with Crippen molar-refractivity contribution in [3.8, 4) is 0 Å². The lowest BCUT2D eigenvalue weighted by molar-refractivity contribution is -0.116. The number of nitrogens with zero attached hydrogens (tertiary/aromatic N) is 2. The standard InChI is InChI=1S/C23H32N4O2/c1-5-27(6-2)22(16-19-10-8-7-9-11-19)17-24-23(29)25-20-12-14-21(15-13-20)26(4)18(3)28/h7-15,22H,5-6,16-17H2,1-4H3,(H2,24,25,29). The molecule has 0 bridgehead atoms. The van der Waals surface area contributed by atoms with Gasteiger partial charge < -0.3 is 15.5 Å². The highest BCUT2D eigenvalue weighted by atomic mass is 16.2. The summed E-state index contributed by atoms with van der Waals surface area (Å²) in [7, 11) is 1.72. The van der Waals surface area contributed by atoms with Crippen molar-refractivity contribution in [2.24, 2.45) is 0 Å². The van der Waals surface area contributed by atoms with Crippen molar-refractivity contribution in [1.82, 2.24) is 10.2 Å². The predicted octanol–water partition coefficient (Wildman–Crippen LogP) is 3.74. The van der Waals surface area contributed by atoms with E-state index in [-0.39, 0.29) is 18.0 Å². The molecule has 0 aliphatic carbocycles. The molecule has 0 aromatic heterocycles. The number of hydrogen-bond acceptors (Lipinski definition) is 3. The highest BCUT2D eigenvalue weighted by Crippen LogP contribution is 2.17. The highest BCUT2D eigenvalue weighted by molar-refractivity contribution is 5.92. The summed E-state index contributed by atoms with van der Waals surface area (Å²) in [6, 6.07) is 17.5. The van der Waals surface area contributed by atoms with Crippen LogP contribution in [-0.2, 0) is 11.2 Å². The molecule has 1 atom stereocenters. The first-order valence-corrected chi connectivity index (χ1v) is 10.1. The number of carbonyl (C=O) groups excluding carboxylic acids is 2. The molecule has 156 valence electrons. The SMILES string of the molecule is CCN(CC)C(CNC(=O)Nc1ccc(N(C)C(C)=O)cc1)Cc1ccccc1. The molecule has 3 amide bonds. The van der Waals surface area contributed by atoms with Crippen LogP contribution >= 0.6 is 0 Å². The first-order valence-electron chi connectivity index (χ1n) is 10.1. The third-order valence-electron chi connectivity index (χ3n) is 5.13. The van der Waals surface area contributed by atoms with Crippen LogP contribution in [0.1, 0.15) is 26.3 Å². The number of carbonyl (C=O) groups is 2. The molecular weight excluding hydrogens is 364 g/mol. The van der Waals surface area contributed by atoms with Crippen LogP contribution in [0.4, 0.5) is 16.2 Å². The number of anilines is 2. The van der Waals surface area contributed by atoms with Crippen LogP contribution in [0.15, 0.2) is 54.6 Å². The van der Waals surface area contributed by atoms with E-state index in [1.54, 1.807) is 24.1 Å². The normalized spacial score (nSPS) is 11.8. The van der Waals surface area contributed by atoms with Gasteiger partial charge in [-0.15, -0.1) is 0 Å². The van der Waals surface area contributed by atoms with Gasteiger partial charge in [0.05, 0.1) is 0 Å². The molecule has 0 heterocycles. The Bertz CT molecular complexity index is 773. The molecule has 2 N–H and O–H groups in total. The van der Waals surface area contributed by atoms with Crippen LogP contribution in [0.25, 0.3) is 0 Å². The third-order valence-corrected chi connectivity index (χ3v) is 5.13. The maximum Gasteiger partial charge on any atom is 0.319 e. The molecular formula is C23H32N4O2. The minimum Gasteiger partial charge on any atom is -0.336 e. The van der Waals surface area contributed by atoms with Gasteiger partial charge in [0.25, 0.3) is 0 Å². The van der Waals surface area contributed by atoms with Crippen LogP contribution in [0.2, 0.25) is 0 Å². The van der Waals surface area contributed by atoms with Gasteiger partial charge >= 0.3 is 6.03 Å². The molecule has 6 nitrogen and oxygen atoms in total. The van der Waals surface area contributed by atoms with Gasteiger partial charge in [-0.05, 0) is 49.3 Å². The van der Waals surface area contributed by atoms with Gasteiger partial charge in [0.1, 0.15) is 0 Å². The van der Waals surface area contributed by atoms with Crippen LogP contribution < -0.4 is 15.5 Å². The quantitative estimate of drug-likeness (QED) is 0.679. The summed E-state index contributed by atoms with van der Waals surface area (Å²) < 4.78 is 0. The van der Waals surface area contributed by atoms with E-state index in [0.29, 0.717) is 12.2 Å². The van der Waals surface area contributed by atoms with Crippen LogP contribution in [0.5, 0.6) is 0 Å². The molecule has 0 aliphatic rings. The minimum absolute atomic E-state index is 0.0377. The zero-order valence-corrected chi connectivity index (χ0v) is 17.8. The maximum atomic E-state index is 12.4. The molecule has 0 saturated heterocycles. The van der Waals surface area contributed by atoms with Crippen molar-refractivity contribution in [2.75, 3.05) is 36.9 Å². The highest BCUT2D eigenvalue weighted by Gasteiger charge is 2.17. The molecule has 2 aromatic carbocycles. The van der Waals surface area contributed by atoms with E-state index in [1.165, 1.54) is 12.5 Å². The average molecular weight is 397 g/mol. The fraction of sp³-hybridized carbons (Fsp3) is 0.391. The summed E-state index contributed by atoms with van der Waals surface area (Å²) in [4.78, 5) is 27.7. The maximum absolute atomic E-state index is 12.4. The minimum atomic E-state index is -0.233. The Morgan fingerprint density at radius 3 is 2.14 bits per heavy atom. The number of nitrogens with one attached hydrogen (secondary N) is 2. The van der Waals surface area contributed by atoms with Gasteiger partial charge in [-0.1, -0.05) is 44.2 Å². The molecule has 0 aliphatic heterocycles. The molecule has 1 unspecified atom stereocenters. The fourth-order valence-electron chi connectivity index (χ4n) is 3.29. The summed E-state index contributed by atoms with van der Waals surface area (Å²) in [5.41, 5.74) is 2.73.